The van der Waals surface area contributed by atoms with E-state index in [1.807, 2.05) is 0 Å². The van der Waals surface area contributed by atoms with Gasteiger partial charge in [0.15, 0.2) is 0 Å². The van der Waals surface area contributed by atoms with Crippen LogP contribution >= 0.6 is 0 Å². The average Bonchev–Trinajstić information content (AvgIpc) is 3.05. The van der Waals surface area contributed by atoms with Gasteiger partial charge in [-0.25, -0.2) is 0 Å². The van der Waals surface area contributed by atoms with E-state index in [1.165, 1.54) is 173 Å². The maximum Gasteiger partial charge on any atom is 3.00 e. The second-order valence-corrected chi connectivity index (χ2v) is 14.0. The number of rotatable bonds is 36. The summed E-state index contributed by atoms with van der Waals surface area (Å²) in [7, 11) is 0. The van der Waals surface area contributed by atoms with Crippen LogP contribution in [0.15, 0.2) is 0 Å². The SMILES string of the molecule is CCCCCCCCCCCCCC(=O)[O-].CCCCCCCCCCCCCC(=O)[O-].CCCCCCCCCCCCCC(=O)[O-].[Rh+3]. The summed E-state index contributed by atoms with van der Waals surface area (Å²) in [5.74, 6) is -2.72. The third kappa shape index (κ3) is 65.9. The standard InChI is InChI=1S/3C14H28O2.Rh/c3*1-2-3-4-5-6-7-8-9-10-11-12-13-14(15)16;/h3*2-13H2,1H3,(H,15,16);/q;;;+3/p-3. The molecule has 7 heteroatoms. The molecule has 0 bridgehead atoms. The van der Waals surface area contributed by atoms with Crippen LogP contribution in [0.4, 0.5) is 0 Å². The number of hydrogen-bond acceptors (Lipinski definition) is 6. The van der Waals surface area contributed by atoms with Gasteiger partial charge in [-0.3, -0.25) is 0 Å². The van der Waals surface area contributed by atoms with Crippen LogP contribution in [0.5, 0.6) is 0 Å². The van der Waals surface area contributed by atoms with Crippen LogP contribution in [0.2, 0.25) is 0 Å². The zero-order chi connectivity index (χ0) is 36.2. The van der Waals surface area contributed by atoms with Crippen molar-refractivity contribution < 1.29 is 49.2 Å². The smallest absolute Gasteiger partial charge is 0.550 e. The maximum absolute atomic E-state index is 10.1. The summed E-state index contributed by atoms with van der Waals surface area (Å²) in [5.41, 5.74) is 0. The minimum absolute atomic E-state index is 0. The van der Waals surface area contributed by atoms with Gasteiger partial charge in [0.25, 0.3) is 0 Å². The van der Waals surface area contributed by atoms with Crippen molar-refractivity contribution >= 4 is 17.9 Å². The molecule has 0 radical (unpaired) electrons. The molecule has 294 valence electrons. The van der Waals surface area contributed by atoms with Gasteiger partial charge >= 0.3 is 19.5 Å². The molecule has 6 nitrogen and oxygen atoms in total. The third-order valence-corrected chi connectivity index (χ3v) is 8.95. The molecule has 0 rings (SSSR count). The molecule has 0 aromatic rings. The van der Waals surface area contributed by atoms with Crippen molar-refractivity contribution in [1.82, 2.24) is 0 Å². The van der Waals surface area contributed by atoms with Gasteiger partial charge in [0.2, 0.25) is 0 Å². The second kappa shape index (κ2) is 51.4. The Bertz CT molecular complexity index is 557. The van der Waals surface area contributed by atoms with E-state index in [2.05, 4.69) is 20.8 Å². The average molecular weight is 785 g/mol. The quantitative estimate of drug-likeness (QED) is 0.0461. The maximum atomic E-state index is 10.1. The molecule has 0 N–H and O–H groups in total. The molecule has 0 unspecified atom stereocenters. The molecule has 0 fully saturated rings. The van der Waals surface area contributed by atoms with Gasteiger partial charge in [-0.15, -0.1) is 0 Å². The van der Waals surface area contributed by atoms with Crippen LogP contribution in [0, 0.1) is 0 Å². The molecule has 0 heterocycles. The van der Waals surface area contributed by atoms with Gasteiger partial charge in [-0.2, -0.15) is 0 Å². The Hall–Kier alpha value is -0.967. The van der Waals surface area contributed by atoms with Crippen LogP contribution in [0.1, 0.15) is 252 Å². The van der Waals surface area contributed by atoms with Crippen LogP contribution < -0.4 is 15.3 Å². The molecule has 0 atom stereocenters. The molecule has 0 aliphatic heterocycles. The van der Waals surface area contributed by atoms with Gasteiger partial charge < -0.3 is 29.7 Å². The summed E-state index contributed by atoms with van der Waals surface area (Å²) in [6.45, 7) is 6.73. The van der Waals surface area contributed by atoms with Crippen LogP contribution in [0.3, 0.4) is 0 Å². The topological polar surface area (TPSA) is 120 Å². The fraction of sp³-hybridized carbons (Fsp3) is 0.929. The zero-order valence-corrected chi connectivity index (χ0v) is 34.4. The van der Waals surface area contributed by atoms with E-state index in [0.29, 0.717) is 0 Å². The zero-order valence-electron chi connectivity index (χ0n) is 32.7. The first-order valence-electron chi connectivity index (χ1n) is 20.9. The number of carboxylic acids is 3. The molecular formula is C42H81O6Rh. The summed E-state index contributed by atoms with van der Waals surface area (Å²) in [6.07, 6.45) is 42.1. The van der Waals surface area contributed by atoms with Gasteiger partial charge in [0, 0.05) is 17.9 Å². The van der Waals surface area contributed by atoms with E-state index in [9.17, 15) is 29.7 Å². The second-order valence-electron chi connectivity index (χ2n) is 14.0. The van der Waals surface area contributed by atoms with E-state index in [-0.39, 0.29) is 38.7 Å². The van der Waals surface area contributed by atoms with Gasteiger partial charge in [0.1, 0.15) is 0 Å². The Kier molecular flexibility index (Phi) is 57.5. The summed E-state index contributed by atoms with van der Waals surface area (Å²) >= 11 is 0. The van der Waals surface area contributed by atoms with E-state index < -0.39 is 17.9 Å². The number of carbonyl (C=O) groups is 3. The first-order valence-corrected chi connectivity index (χ1v) is 20.9. The van der Waals surface area contributed by atoms with Crippen molar-refractivity contribution in [2.75, 3.05) is 0 Å². The minimum Gasteiger partial charge on any atom is -0.550 e. The normalized spacial score (nSPS) is 10.3. The molecule has 0 amide bonds. The Labute approximate surface area is 317 Å². The van der Waals surface area contributed by atoms with Crippen molar-refractivity contribution in [3.8, 4) is 0 Å². The molecule has 0 spiro atoms. The molecule has 0 aromatic heterocycles. The van der Waals surface area contributed by atoms with Crippen molar-refractivity contribution in [3.05, 3.63) is 0 Å². The first kappa shape index (κ1) is 54.8. The van der Waals surface area contributed by atoms with Gasteiger partial charge in [0.05, 0.1) is 0 Å². The third-order valence-electron chi connectivity index (χ3n) is 8.95. The Morgan fingerprint density at radius 2 is 0.388 bits per heavy atom. The van der Waals surface area contributed by atoms with Gasteiger partial charge in [-0.05, 0) is 38.5 Å². The largest absolute Gasteiger partial charge is 3.00 e. The number of carboxylic acid groups (broad SMARTS) is 3. The monoisotopic (exact) mass is 785 g/mol. The van der Waals surface area contributed by atoms with E-state index in [0.717, 1.165) is 38.5 Å². The van der Waals surface area contributed by atoms with Crippen LogP contribution in [-0.2, 0) is 33.9 Å². The van der Waals surface area contributed by atoms with E-state index in [1.54, 1.807) is 0 Å². The Balaban J connectivity index is -0.000000307. The minimum atomic E-state index is -0.907. The summed E-state index contributed by atoms with van der Waals surface area (Å²) in [6, 6.07) is 0. The number of carbonyl (C=O) groups excluding carboxylic acids is 3. The van der Waals surface area contributed by atoms with Crippen LogP contribution in [-0.4, -0.2) is 17.9 Å². The molecule has 49 heavy (non-hydrogen) atoms. The Morgan fingerprint density at radius 1 is 0.265 bits per heavy atom. The molecule has 0 saturated heterocycles. The molecule has 0 aliphatic carbocycles. The van der Waals surface area contributed by atoms with E-state index >= 15 is 0 Å². The van der Waals surface area contributed by atoms with Gasteiger partial charge in [-0.1, -0.05) is 213 Å². The van der Waals surface area contributed by atoms with Crippen molar-refractivity contribution in [2.45, 2.75) is 252 Å². The number of hydrogen-bond donors (Lipinski definition) is 0. The molecule has 0 saturated carbocycles. The molecule has 0 aliphatic rings. The Morgan fingerprint density at radius 3 is 0.510 bits per heavy atom. The summed E-state index contributed by atoms with van der Waals surface area (Å²) in [5, 5.41) is 30.4. The molecular weight excluding hydrogens is 703 g/mol. The van der Waals surface area contributed by atoms with Crippen LogP contribution in [0.25, 0.3) is 0 Å². The number of aliphatic carboxylic acids is 3. The first-order chi connectivity index (χ1) is 23.3. The molecule has 0 aromatic carbocycles. The van der Waals surface area contributed by atoms with E-state index in [4.69, 9.17) is 0 Å². The van der Waals surface area contributed by atoms with Crippen molar-refractivity contribution in [2.24, 2.45) is 0 Å². The predicted molar refractivity (Wildman–Crippen MR) is 198 cm³/mol. The fourth-order valence-electron chi connectivity index (χ4n) is 5.80. The van der Waals surface area contributed by atoms with Crippen molar-refractivity contribution in [1.29, 1.82) is 0 Å². The predicted octanol–water partition coefficient (Wildman–Crippen LogP) is 10.3. The summed E-state index contributed by atoms with van der Waals surface area (Å²) < 4.78 is 0. The summed E-state index contributed by atoms with van der Waals surface area (Å²) in [4.78, 5) is 30.4. The fourth-order valence-corrected chi connectivity index (χ4v) is 5.80. The number of unbranched alkanes of at least 4 members (excludes halogenated alkanes) is 30. The van der Waals surface area contributed by atoms with Crippen molar-refractivity contribution in [3.63, 3.8) is 0 Å².